The van der Waals surface area contributed by atoms with Crippen LogP contribution in [0.3, 0.4) is 0 Å². The van der Waals surface area contributed by atoms with Crippen LogP contribution in [-0.4, -0.2) is 33.2 Å². The lowest BCUT2D eigenvalue weighted by Crippen LogP contribution is -2.28. The fourth-order valence-corrected chi connectivity index (χ4v) is 3.88. The van der Waals surface area contributed by atoms with E-state index in [1.54, 1.807) is 36.4 Å². The van der Waals surface area contributed by atoms with Crippen LogP contribution in [0.5, 0.6) is 0 Å². The highest BCUT2D eigenvalue weighted by Crippen LogP contribution is 2.18. The molecule has 1 amide bonds. The Balaban J connectivity index is 1.72. The number of amides is 1. The standard InChI is InChI=1S/C17H17N3O2S2/c1-19(9-12-7-8-23-10-12)15(21)11-24-17-18-14-6-4-3-5-13(14)16(22)20(17)2/h3-8,10H,9,11H2,1-2H3. The quantitative estimate of drug-likeness (QED) is 0.519. The fraction of sp³-hybridized carbons (Fsp3) is 0.235. The number of para-hydroxylation sites is 1. The van der Waals surface area contributed by atoms with Gasteiger partial charge >= 0.3 is 0 Å². The Morgan fingerprint density at radius 2 is 2.12 bits per heavy atom. The Bertz CT molecular complexity index is 919. The third-order valence-corrected chi connectivity index (χ3v) is 5.44. The van der Waals surface area contributed by atoms with Crippen LogP contribution in [-0.2, 0) is 18.4 Å². The second-order valence-electron chi connectivity index (χ2n) is 5.45. The predicted octanol–water partition coefficient (Wildman–Crippen LogP) is 2.75. The van der Waals surface area contributed by atoms with Gasteiger partial charge in [0.05, 0.1) is 16.7 Å². The van der Waals surface area contributed by atoms with Crippen LogP contribution in [0.1, 0.15) is 5.56 Å². The minimum atomic E-state index is -0.0952. The molecule has 5 nitrogen and oxygen atoms in total. The van der Waals surface area contributed by atoms with E-state index in [0.717, 1.165) is 5.56 Å². The zero-order valence-corrected chi connectivity index (χ0v) is 15.1. The third kappa shape index (κ3) is 3.52. The Labute approximate surface area is 147 Å². The normalized spacial score (nSPS) is 10.9. The minimum absolute atomic E-state index is 0.00797. The van der Waals surface area contributed by atoms with Crippen LogP contribution in [0.4, 0.5) is 0 Å². The lowest BCUT2D eigenvalue weighted by atomic mass is 10.2. The number of carbonyl (C=O) groups excluding carboxylic acids is 1. The number of nitrogens with zero attached hydrogens (tertiary/aromatic N) is 3. The average Bonchev–Trinajstić information content (AvgIpc) is 3.09. The summed E-state index contributed by atoms with van der Waals surface area (Å²) in [5.41, 5.74) is 1.68. The summed E-state index contributed by atoms with van der Waals surface area (Å²) < 4.78 is 1.50. The molecule has 7 heteroatoms. The van der Waals surface area contributed by atoms with Crippen molar-refractivity contribution in [3.05, 3.63) is 57.0 Å². The van der Waals surface area contributed by atoms with Gasteiger partial charge in [0, 0.05) is 20.6 Å². The number of fused-ring (bicyclic) bond motifs is 1. The lowest BCUT2D eigenvalue weighted by Gasteiger charge is -2.16. The third-order valence-electron chi connectivity index (χ3n) is 3.69. The first kappa shape index (κ1) is 16.7. The number of hydrogen-bond acceptors (Lipinski definition) is 5. The zero-order chi connectivity index (χ0) is 17.1. The van der Waals surface area contributed by atoms with Gasteiger partial charge in [0.2, 0.25) is 5.91 Å². The van der Waals surface area contributed by atoms with Gasteiger partial charge in [-0.25, -0.2) is 4.98 Å². The maximum Gasteiger partial charge on any atom is 0.261 e. The maximum absolute atomic E-state index is 12.4. The van der Waals surface area contributed by atoms with Crippen molar-refractivity contribution in [2.45, 2.75) is 11.7 Å². The van der Waals surface area contributed by atoms with Gasteiger partial charge in [-0.3, -0.25) is 14.2 Å². The van der Waals surface area contributed by atoms with Crippen molar-refractivity contribution in [3.8, 4) is 0 Å². The highest BCUT2D eigenvalue weighted by atomic mass is 32.2. The number of benzene rings is 1. The summed E-state index contributed by atoms with van der Waals surface area (Å²) in [7, 11) is 3.47. The average molecular weight is 359 g/mol. The largest absolute Gasteiger partial charge is 0.341 e. The molecule has 0 aliphatic rings. The Morgan fingerprint density at radius 3 is 2.88 bits per heavy atom. The van der Waals surface area contributed by atoms with E-state index in [4.69, 9.17) is 0 Å². The zero-order valence-electron chi connectivity index (χ0n) is 13.4. The van der Waals surface area contributed by atoms with Crippen LogP contribution in [0.2, 0.25) is 0 Å². The van der Waals surface area contributed by atoms with E-state index >= 15 is 0 Å². The van der Waals surface area contributed by atoms with Gasteiger partial charge in [-0.1, -0.05) is 23.9 Å². The minimum Gasteiger partial charge on any atom is -0.341 e. The number of carbonyl (C=O) groups is 1. The van der Waals surface area contributed by atoms with Crippen molar-refractivity contribution in [3.63, 3.8) is 0 Å². The molecule has 0 aliphatic heterocycles. The van der Waals surface area contributed by atoms with Gasteiger partial charge in [-0.2, -0.15) is 11.3 Å². The molecule has 0 radical (unpaired) electrons. The van der Waals surface area contributed by atoms with Crippen molar-refractivity contribution < 1.29 is 4.79 Å². The molecule has 3 aromatic rings. The van der Waals surface area contributed by atoms with E-state index in [0.29, 0.717) is 22.6 Å². The lowest BCUT2D eigenvalue weighted by molar-refractivity contribution is -0.127. The van der Waals surface area contributed by atoms with Crippen LogP contribution in [0, 0.1) is 0 Å². The summed E-state index contributed by atoms with van der Waals surface area (Å²) >= 11 is 2.91. The van der Waals surface area contributed by atoms with E-state index in [2.05, 4.69) is 4.98 Å². The Hall–Kier alpha value is -2.12. The first-order chi connectivity index (χ1) is 11.6. The summed E-state index contributed by atoms with van der Waals surface area (Å²) in [4.78, 5) is 30.8. The maximum atomic E-state index is 12.4. The molecule has 0 bridgehead atoms. The molecule has 0 aliphatic carbocycles. The second-order valence-corrected chi connectivity index (χ2v) is 7.17. The first-order valence-electron chi connectivity index (χ1n) is 7.40. The van der Waals surface area contributed by atoms with E-state index < -0.39 is 0 Å². The molecule has 0 fully saturated rings. The van der Waals surface area contributed by atoms with Crippen molar-refractivity contribution >= 4 is 39.9 Å². The number of hydrogen-bond donors (Lipinski definition) is 0. The Kier molecular flexibility index (Phi) is 5.01. The second kappa shape index (κ2) is 7.19. The molecule has 0 unspecified atom stereocenters. The molecule has 0 spiro atoms. The molecule has 24 heavy (non-hydrogen) atoms. The summed E-state index contributed by atoms with van der Waals surface area (Å²) in [6.07, 6.45) is 0. The van der Waals surface area contributed by atoms with Crippen LogP contribution in [0.25, 0.3) is 10.9 Å². The van der Waals surface area contributed by atoms with Crippen molar-refractivity contribution in [2.75, 3.05) is 12.8 Å². The van der Waals surface area contributed by atoms with Gasteiger partial charge < -0.3 is 4.90 Å². The molecule has 2 heterocycles. The number of thioether (sulfide) groups is 1. The van der Waals surface area contributed by atoms with Gasteiger partial charge in [-0.05, 0) is 34.5 Å². The van der Waals surface area contributed by atoms with Gasteiger partial charge in [-0.15, -0.1) is 0 Å². The summed E-state index contributed by atoms with van der Waals surface area (Å²) in [6, 6.07) is 9.25. The van der Waals surface area contributed by atoms with E-state index in [9.17, 15) is 9.59 Å². The van der Waals surface area contributed by atoms with Gasteiger partial charge in [0.15, 0.2) is 5.16 Å². The molecule has 1 aromatic carbocycles. The highest BCUT2D eigenvalue weighted by Gasteiger charge is 2.13. The monoisotopic (exact) mass is 359 g/mol. The molecule has 0 saturated carbocycles. The van der Waals surface area contributed by atoms with Gasteiger partial charge in [0.1, 0.15) is 0 Å². The van der Waals surface area contributed by atoms with Crippen molar-refractivity contribution in [1.29, 1.82) is 0 Å². The van der Waals surface area contributed by atoms with Crippen LogP contribution >= 0.6 is 23.1 Å². The number of thiophene rings is 1. The summed E-state index contributed by atoms with van der Waals surface area (Å²) in [5, 5.41) is 5.17. The SMILES string of the molecule is CN(Cc1ccsc1)C(=O)CSc1nc2ccccc2c(=O)n1C. The van der Waals surface area contributed by atoms with Gasteiger partial charge in [0.25, 0.3) is 5.56 Å². The van der Waals surface area contributed by atoms with E-state index in [1.807, 2.05) is 35.0 Å². The van der Waals surface area contributed by atoms with Crippen molar-refractivity contribution in [1.82, 2.24) is 14.5 Å². The molecule has 124 valence electrons. The number of aromatic nitrogens is 2. The molecular weight excluding hydrogens is 342 g/mol. The molecule has 3 rings (SSSR count). The van der Waals surface area contributed by atoms with E-state index in [1.165, 1.54) is 16.3 Å². The molecule has 0 saturated heterocycles. The molecule has 0 atom stereocenters. The Morgan fingerprint density at radius 1 is 1.33 bits per heavy atom. The first-order valence-corrected chi connectivity index (χ1v) is 9.32. The van der Waals surface area contributed by atoms with Crippen LogP contribution in [0.15, 0.2) is 51.0 Å². The fourth-order valence-electron chi connectivity index (χ4n) is 2.31. The summed E-state index contributed by atoms with van der Waals surface area (Å²) in [5.74, 6) is 0.257. The predicted molar refractivity (Wildman–Crippen MR) is 98.5 cm³/mol. The van der Waals surface area contributed by atoms with Crippen molar-refractivity contribution in [2.24, 2.45) is 7.05 Å². The summed E-state index contributed by atoms with van der Waals surface area (Å²) in [6.45, 7) is 0.590. The number of rotatable bonds is 5. The molecule has 0 N–H and O–H groups in total. The topological polar surface area (TPSA) is 55.2 Å². The van der Waals surface area contributed by atoms with Crippen LogP contribution < -0.4 is 5.56 Å². The smallest absolute Gasteiger partial charge is 0.261 e. The molecule has 2 aromatic heterocycles. The highest BCUT2D eigenvalue weighted by molar-refractivity contribution is 7.99. The molecular formula is C17H17N3O2S2. The van der Waals surface area contributed by atoms with E-state index in [-0.39, 0.29) is 17.2 Å².